The largest absolute Gasteiger partial charge is 0.350 e. The van der Waals surface area contributed by atoms with E-state index in [0.717, 1.165) is 0 Å². The van der Waals surface area contributed by atoms with Crippen molar-refractivity contribution in [3.05, 3.63) is 60.2 Å². The molecule has 0 spiro atoms. The molecule has 0 bridgehead atoms. The molecule has 25 heavy (non-hydrogen) atoms. The third-order valence-electron chi connectivity index (χ3n) is 3.08. The van der Waals surface area contributed by atoms with Gasteiger partial charge >= 0.3 is 6.03 Å². The molecule has 3 N–H and O–H groups in total. The summed E-state index contributed by atoms with van der Waals surface area (Å²) in [5.41, 5.74) is 0.837. The maximum atomic E-state index is 12.5. The van der Waals surface area contributed by atoms with Gasteiger partial charge in [0.15, 0.2) is 0 Å². The predicted molar refractivity (Wildman–Crippen MR) is 94.1 cm³/mol. The second kappa shape index (κ2) is 9.63. The van der Waals surface area contributed by atoms with Gasteiger partial charge in [-0.3, -0.25) is 4.79 Å². The minimum Gasteiger partial charge on any atom is -0.350 e. The standard InChI is InChI=1S/C17H17F2N3O2S/c18-16(19)25-14-9-5-4-8-13(14)22-17(24)21-11-10-20-15(23)12-6-2-1-3-7-12/h1-9,16H,10-11H2,(H,20,23)(H2,21,22,24). The lowest BCUT2D eigenvalue weighted by atomic mass is 10.2. The van der Waals surface area contributed by atoms with Crippen LogP contribution in [0.15, 0.2) is 59.5 Å². The average Bonchev–Trinajstić information content (AvgIpc) is 2.60. The third-order valence-corrected chi connectivity index (χ3v) is 3.87. The molecule has 0 fully saturated rings. The van der Waals surface area contributed by atoms with Crippen molar-refractivity contribution in [1.82, 2.24) is 10.6 Å². The van der Waals surface area contributed by atoms with Crippen LogP contribution in [-0.2, 0) is 0 Å². The van der Waals surface area contributed by atoms with Gasteiger partial charge in [-0.05, 0) is 24.3 Å². The van der Waals surface area contributed by atoms with E-state index < -0.39 is 11.8 Å². The van der Waals surface area contributed by atoms with Crippen molar-refractivity contribution in [3.63, 3.8) is 0 Å². The van der Waals surface area contributed by atoms with E-state index in [-0.39, 0.29) is 23.9 Å². The van der Waals surface area contributed by atoms with E-state index in [1.165, 1.54) is 6.07 Å². The molecule has 0 saturated carbocycles. The number of hydrogen-bond acceptors (Lipinski definition) is 3. The molecule has 132 valence electrons. The lowest BCUT2D eigenvalue weighted by Crippen LogP contribution is -2.36. The zero-order valence-corrected chi connectivity index (χ0v) is 14.0. The minimum atomic E-state index is -2.57. The van der Waals surface area contributed by atoms with Crippen molar-refractivity contribution in [2.75, 3.05) is 18.4 Å². The molecule has 2 aromatic rings. The molecule has 0 atom stereocenters. The molecule has 3 amide bonds. The highest BCUT2D eigenvalue weighted by Gasteiger charge is 2.11. The van der Waals surface area contributed by atoms with Crippen molar-refractivity contribution < 1.29 is 18.4 Å². The molecule has 0 saturated heterocycles. The summed E-state index contributed by atoms with van der Waals surface area (Å²) in [5, 5.41) is 7.75. The fourth-order valence-electron chi connectivity index (χ4n) is 1.98. The van der Waals surface area contributed by atoms with E-state index in [1.54, 1.807) is 42.5 Å². The van der Waals surface area contributed by atoms with Gasteiger partial charge in [-0.1, -0.05) is 42.1 Å². The van der Waals surface area contributed by atoms with Gasteiger partial charge in [0.05, 0.1) is 5.69 Å². The first-order chi connectivity index (χ1) is 12.1. The van der Waals surface area contributed by atoms with Crippen LogP contribution >= 0.6 is 11.8 Å². The molecule has 0 aliphatic rings. The van der Waals surface area contributed by atoms with E-state index in [1.807, 2.05) is 6.07 Å². The molecule has 0 unspecified atom stereocenters. The Labute approximate surface area is 148 Å². The average molecular weight is 365 g/mol. The van der Waals surface area contributed by atoms with Crippen molar-refractivity contribution in [3.8, 4) is 0 Å². The summed E-state index contributed by atoms with van der Waals surface area (Å²) < 4.78 is 25.0. The zero-order chi connectivity index (χ0) is 18.1. The number of hydrogen-bond donors (Lipinski definition) is 3. The number of para-hydroxylation sites is 1. The number of rotatable bonds is 7. The highest BCUT2D eigenvalue weighted by atomic mass is 32.2. The van der Waals surface area contributed by atoms with Crippen LogP contribution < -0.4 is 16.0 Å². The van der Waals surface area contributed by atoms with Crippen LogP contribution in [0, 0.1) is 0 Å². The highest BCUT2D eigenvalue weighted by molar-refractivity contribution is 7.99. The Bertz CT molecular complexity index is 714. The number of anilines is 1. The number of carbonyl (C=O) groups is 2. The molecule has 2 aromatic carbocycles. The summed E-state index contributed by atoms with van der Waals surface area (Å²) in [6, 6.07) is 14.5. The van der Waals surface area contributed by atoms with E-state index in [4.69, 9.17) is 0 Å². The number of carbonyl (C=O) groups excluding carboxylic acids is 2. The van der Waals surface area contributed by atoms with Crippen molar-refractivity contribution >= 4 is 29.4 Å². The number of nitrogens with one attached hydrogen (secondary N) is 3. The molecular weight excluding hydrogens is 348 g/mol. The summed E-state index contributed by atoms with van der Waals surface area (Å²) in [5.74, 6) is -2.80. The number of amides is 3. The van der Waals surface area contributed by atoms with E-state index in [9.17, 15) is 18.4 Å². The van der Waals surface area contributed by atoms with Gasteiger partial charge in [-0.2, -0.15) is 8.78 Å². The molecule has 2 rings (SSSR count). The van der Waals surface area contributed by atoms with Crippen LogP contribution in [0.2, 0.25) is 0 Å². The Morgan fingerprint density at radius 3 is 2.28 bits per heavy atom. The first-order valence-corrected chi connectivity index (χ1v) is 8.36. The number of benzene rings is 2. The van der Waals surface area contributed by atoms with Gasteiger partial charge in [0.2, 0.25) is 0 Å². The van der Waals surface area contributed by atoms with Crippen LogP contribution in [0.3, 0.4) is 0 Å². The van der Waals surface area contributed by atoms with Gasteiger partial charge in [0.25, 0.3) is 11.7 Å². The second-order valence-electron chi connectivity index (χ2n) is 4.88. The van der Waals surface area contributed by atoms with Gasteiger partial charge < -0.3 is 16.0 Å². The summed E-state index contributed by atoms with van der Waals surface area (Å²) >= 11 is 0.364. The van der Waals surface area contributed by atoms with E-state index in [0.29, 0.717) is 23.0 Å². The maximum absolute atomic E-state index is 12.5. The quantitative estimate of drug-likeness (QED) is 0.519. The number of alkyl halides is 2. The van der Waals surface area contributed by atoms with Crippen LogP contribution in [0.5, 0.6) is 0 Å². The van der Waals surface area contributed by atoms with Crippen molar-refractivity contribution in [2.45, 2.75) is 10.7 Å². The van der Waals surface area contributed by atoms with E-state index in [2.05, 4.69) is 16.0 Å². The third kappa shape index (κ3) is 6.42. The minimum absolute atomic E-state index is 0.203. The molecule has 0 aliphatic heterocycles. The molecule has 0 heterocycles. The van der Waals surface area contributed by atoms with Crippen LogP contribution in [-0.4, -0.2) is 30.8 Å². The highest BCUT2D eigenvalue weighted by Crippen LogP contribution is 2.31. The molecule has 0 radical (unpaired) electrons. The first-order valence-electron chi connectivity index (χ1n) is 7.48. The van der Waals surface area contributed by atoms with Gasteiger partial charge in [-0.25, -0.2) is 4.79 Å². The Balaban J connectivity index is 1.75. The summed E-state index contributed by atoms with van der Waals surface area (Å²) in [6.45, 7) is 0.448. The lowest BCUT2D eigenvalue weighted by molar-refractivity contribution is 0.0954. The molecular formula is C17H17F2N3O2S. The molecule has 0 aliphatic carbocycles. The van der Waals surface area contributed by atoms with Crippen molar-refractivity contribution in [2.24, 2.45) is 0 Å². The Morgan fingerprint density at radius 1 is 0.920 bits per heavy atom. The maximum Gasteiger partial charge on any atom is 0.319 e. The summed E-state index contributed by atoms with van der Waals surface area (Å²) in [4.78, 5) is 23.9. The molecule has 8 heteroatoms. The Hall–Kier alpha value is -2.61. The number of thioether (sulfide) groups is 1. The van der Waals surface area contributed by atoms with Gasteiger partial charge in [0, 0.05) is 23.5 Å². The second-order valence-corrected chi connectivity index (χ2v) is 5.91. The van der Waals surface area contributed by atoms with E-state index >= 15 is 0 Å². The molecule has 5 nitrogen and oxygen atoms in total. The van der Waals surface area contributed by atoms with Crippen LogP contribution in [0.4, 0.5) is 19.3 Å². The zero-order valence-electron chi connectivity index (χ0n) is 13.2. The first kappa shape index (κ1) is 18.7. The number of urea groups is 1. The Morgan fingerprint density at radius 2 is 1.56 bits per heavy atom. The summed E-state index contributed by atoms with van der Waals surface area (Å²) in [7, 11) is 0. The smallest absolute Gasteiger partial charge is 0.319 e. The van der Waals surface area contributed by atoms with Gasteiger partial charge in [-0.15, -0.1) is 0 Å². The fraction of sp³-hybridized carbons (Fsp3) is 0.176. The SMILES string of the molecule is O=C(NCCNC(=O)c1ccccc1)Nc1ccccc1SC(F)F. The number of halogens is 2. The van der Waals surface area contributed by atoms with Crippen LogP contribution in [0.25, 0.3) is 0 Å². The fourth-order valence-corrected chi connectivity index (χ4v) is 2.57. The monoisotopic (exact) mass is 365 g/mol. The Kier molecular flexibility index (Phi) is 7.21. The molecule has 0 aromatic heterocycles. The normalized spacial score (nSPS) is 10.4. The summed E-state index contributed by atoms with van der Waals surface area (Å²) in [6.07, 6.45) is 0. The van der Waals surface area contributed by atoms with Crippen LogP contribution in [0.1, 0.15) is 10.4 Å². The predicted octanol–water partition coefficient (Wildman–Crippen LogP) is 3.55. The lowest BCUT2D eigenvalue weighted by Gasteiger charge is -2.11. The topological polar surface area (TPSA) is 70.2 Å². The van der Waals surface area contributed by atoms with Gasteiger partial charge in [0.1, 0.15) is 0 Å². The van der Waals surface area contributed by atoms with Crippen molar-refractivity contribution in [1.29, 1.82) is 0 Å².